The van der Waals surface area contributed by atoms with Gasteiger partial charge >= 0.3 is 0 Å². The van der Waals surface area contributed by atoms with Crippen molar-refractivity contribution < 1.29 is 4.79 Å². The lowest BCUT2D eigenvalue weighted by Crippen LogP contribution is -2.19. The van der Waals surface area contributed by atoms with Crippen LogP contribution in [0.2, 0.25) is 0 Å². The Morgan fingerprint density at radius 3 is 2.57 bits per heavy atom. The number of anilines is 2. The second-order valence-corrected chi connectivity index (χ2v) is 6.59. The maximum absolute atomic E-state index is 11.2. The maximum Gasteiger partial charge on any atom is 0.221 e. The molecule has 1 aliphatic heterocycles. The molecule has 0 saturated heterocycles. The quantitative estimate of drug-likeness (QED) is 0.911. The van der Waals surface area contributed by atoms with Crippen molar-refractivity contribution in [2.24, 2.45) is 0 Å². The summed E-state index contributed by atoms with van der Waals surface area (Å²) in [6.45, 7) is 7.95. The number of nitrogens with one attached hydrogen (secondary N) is 1. The third-order valence-corrected chi connectivity index (χ3v) is 4.41. The monoisotopic (exact) mass is 308 g/mol. The minimum absolute atomic E-state index is 0.0231. The SMILES string of the molecule is CC(=O)Nc1ccc2c(c1)CCN2Cc1ccc(C(C)C)cc1. The normalized spacial score (nSPS) is 13.3. The number of nitrogens with zero attached hydrogens (tertiary/aromatic N) is 1. The van der Waals surface area contributed by atoms with E-state index in [1.54, 1.807) is 6.92 Å². The van der Waals surface area contributed by atoms with Crippen LogP contribution in [-0.4, -0.2) is 12.5 Å². The highest BCUT2D eigenvalue weighted by molar-refractivity contribution is 5.89. The van der Waals surface area contributed by atoms with Crippen LogP contribution < -0.4 is 10.2 Å². The molecule has 2 aromatic rings. The average molecular weight is 308 g/mol. The molecule has 3 heteroatoms. The summed E-state index contributed by atoms with van der Waals surface area (Å²) < 4.78 is 0. The van der Waals surface area contributed by atoms with Crippen LogP contribution in [0.25, 0.3) is 0 Å². The molecule has 0 fully saturated rings. The number of hydrogen-bond acceptors (Lipinski definition) is 2. The lowest BCUT2D eigenvalue weighted by atomic mass is 10.0. The van der Waals surface area contributed by atoms with E-state index in [9.17, 15) is 4.79 Å². The lowest BCUT2D eigenvalue weighted by molar-refractivity contribution is -0.114. The maximum atomic E-state index is 11.2. The summed E-state index contributed by atoms with van der Waals surface area (Å²) in [5, 5.41) is 2.86. The Bertz CT molecular complexity index is 704. The van der Waals surface area contributed by atoms with Crippen molar-refractivity contribution in [1.29, 1.82) is 0 Å². The van der Waals surface area contributed by atoms with E-state index in [4.69, 9.17) is 0 Å². The topological polar surface area (TPSA) is 32.3 Å². The molecule has 2 aromatic carbocycles. The molecule has 3 nitrogen and oxygen atoms in total. The van der Waals surface area contributed by atoms with Crippen molar-refractivity contribution in [1.82, 2.24) is 0 Å². The third-order valence-electron chi connectivity index (χ3n) is 4.41. The molecule has 120 valence electrons. The first kappa shape index (κ1) is 15.6. The second-order valence-electron chi connectivity index (χ2n) is 6.59. The standard InChI is InChI=1S/C20H24N2O/c1-14(2)17-6-4-16(5-7-17)13-22-11-10-18-12-19(21-15(3)23)8-9-20(18)22/h4-9,12,14H,10-11,13H2,1-3H3,(H,21,23). The number of fused-ring (bicyclic) bond motifs is 1. The first-order valence-corrected chi connectivity index (χ1v) is 8.27. The molecule has 0 bridgehead atoms. The predicted octanol–water partition coefficient (Wildman–Crippen LogP) is 4.33. The summed E-state index contributed by atoms with van der Waals surface area (Å²) in [6.07, 6.45) is 1.03. The average Bonchev–Trinajstić information content (AvgIpc) is 2.89. The van der Waals surface area contributed by atoms with Crippen molar-refractivity contribution in [3.8, 4) is 0 Å². The molecular weight excluding hydrogens is 284 g/mol. The Hall–Kier alpha value is -2.29. The van der Waals surface area contributed by atoms with Crippen LogP contribution in [0.1, 0.15) is 43.4 Å². The first-order valence-electron chi connectivity index (χ1n) is 8.27. The van der Waals surface area contributed by atoms with E-state index in [1.807, 2.05) is 6.07 Å². The van der Waals surface area contributed by atoms with E-state index in [1.165, 1.54) is 22.4 Å². The van der Waals surface area contributed by atoms with Gasteiger partial charge in [0.05, 0.1) is 0 Å². The number of benzene rings is 2. The summed E-state index contributed by atoms with van der Waals surface area (Å²) in [4.78, 5) is 13.6. The Morgan fingerprint density at radius 2 is 1.91 bits per heavy atom. The molecule has 1 heterocycles. The molecule has 0 aliphatic carbocycles. The fourth-order valence-corrected chi connectivity index (χ4v) is 3.14. The molecule has 0 spiro atoms. The van der Waals surface area contributed by atoms with Gasteiger partial charge in [-0.25, -0.2) is 0 Å². The molecule has 0 unspecified atom stereocenters. The second kappa shape index (κ2) is 6.45. The first-order chi connectivity index (χ1) is 11.0. The molecule has 23 heavy (non-hydrogen) atoms. The van der Waals surface area contributed by atoms with E-state index >= 15 is 0 Å². The van der Waals surface area contributed by atoms with Gasteiger partial charge in [0.2, 0.25) is 5.91 Å². The summed E-state index contributed by atoms with van der Waals surface area (Å²) >= 11 is 0. The molecule has 0 aromatic heterocycles. The van der Waals surface area contributed by atoms with Gasteiger partial charge in [0, 0.05) is 31.4 Å². The van der Waals surface area contributed by atoms with Gasteiger partial charge in [0.1, 0.15) is 0 Å². The summed E-state index contributed by atoms with van der Waals surface area (Å²) in [5.74, 6) is 0.550. The molecule has 0 radical (unpaired) electrons. The molecule has 1 aliphatic rings. The van der Waals surface area contributed by atoms with Crippen LogP contribution in [0.3, 0.4) is 0 Å². The number of carbonyl (C=O) groups is 1. The highest BCUT2D eigenvalue weighted by Crippen LogP contribution is 2.31. The van der Waals surface area contributed by atoms with Crippen LogP contribution in [0.15, 0.2) is 42.5 Å². The van der Waals surface area contributed by atoms with Crippen molar-refractivity contribution in [2.75, 3.05) is 16.8 Å². The zero-order valence-electron chi connectivity index (χ0n) is 14.1. The molecule has 1 amide bonds. The van der Waals surface area contributed by atoms with Gasteiger partial charge in [-0.1, -0.05) is 38.1 Å². The van der Waals surface area contributed by atoms with Gasteiger partial charge in [-0.15, -0.1) is 0 Å². The van der Waals surface area contributed by atoms with E-state index in [2.05, 4.69) is 60.5 Å². The van der Waals surface area contributed by atoms with Crippen LogP contribution in [-0.2, 0) is 17.8 Å². The Balaban J connectivity index is 1.73. The number of rotatable bonds is 4. The fraction of sp³-hybridized carbons (Fsp3) is 0.350. The zero-order valence-corrected chi connectivity index (χ0v) is 14.1. The van der Waals surface area contributed by atoms with Crippen molar-refractivity contribution in [3.63, 3.8) is 0 Å². The number of carbonyl (C=O) groups excluding carboxylic acids is 1. The molecule has 3 rings (SSSR count). The van der Waals surface area contributed by atoms with Crippen molar-refractivity contribution in [2.45, 2.75) is 39.7 Å². The molecule has 1 N–H and O–H groups in total. The van der Waals surface area contributed by atoms with Gasteiger partial charge in [-0.05, 0) is 47.2 Å². The number of amides is 1. The van der Waals surface area contributed by atoms with Crippen LogP contribution in [0.5, 0.6) is 0 Å². The van der Waals surface area contributed by atoms with Crippen LogP contribution in [0, 0.1) is 0 Å². The van der Waals surface area contributed by atoms with Gasteiger partial charge in [0.25, 0.3) is 0 Å². The predicted molar refractivity (Wildman–Crippen MR) is 96.0 cm³/mol. The minimum atomic E-state index is -0.0231. The summed E-state index contributed by atoms with van der Waals surface area (Å²) in [5.41, 5.74) is 6.21. The van der Waals surface area contributed by atoms with Crippen molar-refractivity contribution >= 4 is 17.3 Å². The Labute approximate surface area is 138 Å². The number of hydrogen-bond donors (Lipinski definition) is 1. The summed E-state index contributed by atoms with van der Waals surface area (Å²) in [7, 11) is 0. The highest BCUT2D eigenvalue weighted by Gasteiger charge is 2.19. The molecular formula is C20H24N2O. The minimum Gasteiger partial charge on any atom is -0.367 e. The summed E-state index contributed by atoms with van der Waals surface area (Å²) in [6, 6.07) is 15.1. The highest BCUT2D eigenvalue weighted by atomic mass is 16.1. The van der Waals surface area contributed by atoms with E-state index in [-0.39, 0.29) is 5.91 Å². The Kier molecular flexibility index (Phi) is 4.37. The zero-order chi connectivity index (χ0) is 16.4. The van der Waals surface area contributed by atoms with Gasteiger partial charge in [-0.2, -0.15) is 0 Å². The van der Waals surface area contributed by atoms with E-state index < -0.39 is 0 Å². The van der Waals surface area contributed by atoms with Gasteiger partial charge < -0.3 is 10.2 Å². The molecule has 0 saturated carbocycles. The van der Waals surface area contributed by atoms with Crippen LogP contribution >= 0.6 is 0 Å². The lowest BCUT2D eigenvalue weighted by Gasteiger charge is -2.20. The third kappa shape index (κ3) is 3.55. The fourth-order valence-electron chi connectivity index (χ4n) is 3.14. The smallest absolute Gasteiger partial charge is 0.221 e. The largest absolute Gasteiger partial charge is 0.367 e. The molecule has 0 atom stereocenters. The van der Waals surface area contributed by atoms with E-state index in [0.29, 0.717) is 5.92 Å². The van der Waals surface area contributed by atoms with Crippen molar-refractivity contribution in [3.05, 3.63) is 59.2 Å². The van der Waals surface area contributed by atoms with Gasteiger partial charge in [-0.3, -0.25) is 4.79 Å². The van der Waals surface area contributed by atoms with Gasteiger partial charge in [0.15, 0.2) is 0 Å². The van der Waals surface area contributed by atoms with E-state index in [0.717, 1.165) is 25.2 Å². The van der Waals surface area contributed by atoms with Crippen LogP contribution in [0.4, 0.5) is 11.4 Å². The Morgan fingerprint density at radius 1 is 1.17 bits per heavy atom.